The maximum Gasteiger partial charge on any atom is 0.228 e. The molecule has 5 nitrogen and oxygen atoms in total. The van der Waals surface area contributed by atoms with Gasteiger partial charge in [-0.2, -0.15) is 5.10 Å². The molecule has 6 heteroatoms. The van der Waals surface area contributed by atoms with Crippen LogP contribution in [0.4, 0.5) is 5.82 Å². The lowest BCUT2D eigenvalue weighted by Gasteiger charge is -2.18. The first kappa shape index (κ1) is 16.4. The van der Waals surface area contributed by atoms with E-state index in [0.717, 1.165) is 17.2 Å². The summed E-state index contributed by atoms with van der Waals surface area (Å²) in [5, 5.41) is 4.89. The molecule has 1 saturated heterocycles. The predicted molar refractivity (Wildman–Crippen MR) is 99.1 cm³/mol. The smallest absolute Gasteiger partial charge is 0.228 e. The Morgan fingerprint density at radius 3 is 2.72 bits per heavy atom. The topological polar surface area (TPSA) is 55.2 Å². The lowest BCUT2D eigenvalue weighted by Crippen LogP contribution is -2.27. The van der Waals surface area contributed by atoms with Gasteiger partial charge < -0.3 is 0 Å². The van der Waals surface area contributed by atoms with Crippen molar-refractivity contribution in [1.82, 2.24) is 9.78 Å². The molecule has 2 heterocycles. The monoisotopic (exact) mass is 355 g/mol. The molecule has 1 aliphatic heterocycles. The van der Waals surface area contributed by atoms with Crippen LogP contribution in [-0.4, -0.2) is 33.1 Å². The van der Waals surface area contributed by atoms with Crippen LogP contribution in [0.1, 0.15) is 37.8 Å². The summed E-state index contributed by atoms with van der Waals surface area (Å²) < 4.78 is 1.89. The fourth-order valence-electron chi connectivity index (χ4n) is 3.27. The van der Waals surface area contributed by atoms with Crippen LogP contribution in [0, 0.1) is 5.92 Å². The number of anilines is 1. The zero-order valence-corrected chi connectivity index (χ0v) is 15.0. The van der Waals surface area contributed by atoms with Gasteiger partial charge in [0.05, 0.1) is 11.4 Å². The van der Waals surface area contributed by atoms with Gasteiger partial charge >= 0.3 is 0 Å². The van der Waals surface area contributed by atoms with E-state index in [1.165, 1.54) is 24.6 Å². The van der Waals surface area contributed by atoms with Crippen molar-refractivity contribution in [2.24, 2.45) is 5.92 Å². The highest BCUT2D eigenvalue weighted by Gasteiger charge is 2.35. The van der Waals surface area contributed by atoms with Gasteiger partial charge in [0.15, 0.2) is 5.12 Å². The zero-order chi connectivity index (χ0) is 17.4. The molecule has 1 aromatic heterocycles. The molecule has 0 N–H and O–H groups in total. The largest absolute Gasteiger partial charge is 0.296 e. The van der Waals surface area contributed by atoms with E-state index in [0.29, 0.717) is 24.6 Å². The molecule has 1 aliphatic carbocycles. The minimum Gasteiger partial charge on any atom is -0.296 e. The standard InChI is InChI=1S/C19H21N3O2S/c1-13(23)25-12-14-9-19(24)21(11-14)18-10-17(15-7-8-15)20-22(18)16-5-3-2-4-6-16/h2-6,10,14-15H,7-9,11-12H2,1H3. The number of carbonyl (C=O) groups excluding carboxylic acids is 2. The average molecular weight is 355 g/mol. The summed E-state index contributed by atoms with van der Waals surface area (Å²) >= 11 is 1.31. The van der Waals surface area contributed by atoms with Gasteiger partial charge in [-0.15, -0.1) is 0 Å². The van der Waals surface area contributed by atoms with E-state index in [9.17, 15) is 9.59 Å². The van der Waals surface area contributed by atoms with Crippen molar-refractivity contribution in [3.63, 3.8) is 0 Å². The van der Waals surface area contributed by atoms with Gasteiger partial charge in [0.25, 0.3) is 0 Å². The summed E-state index contributed by atoms with van der Waals surface area (Å²) in [6.45, 7) is 2.23. The van der Waals surface area contributed by atoms with Crippen LogP contribution in [0.15, 0.2) is 36.4 Å². The van der Waals surface area contributed by atoms with E-state index in [1.807, 2.05) is 39.9 Å². The van der Waals surface area contributed by atoms with E-state index >= 15 is 0 Å². The third-order valence-electron chi connectivity index (χ3n) is 4.71. The van der Waals surface area contributed by atoms with E-state index in [1.54, 1.807) is 6.92 Å². The Labute approximate surface area is 151 Å². The van der Waals surface area contributed by atoms with Gasteiger partial charge in [0, 0.05) is 37.6 Å². The van der Waals surface area contributed by atoms with E-state index in [2.05, 4.69) is 6.07 Å². The highest BCUT2D eigenvalue weighted by molar-refractivity contribution is 8.13. The molecule has 130 valence electrons. The van der Waals surface area contributed by atoms with Crippen LogP contribution in [0.5, 0.6) is 0 Å². The molecular formula is C19H21N3O2S. The third-order valence-corrected chi connectivity index (χ3v) is 5.75. The van der Waals surface area contributed by atoms with Gasteiger partial charge in [-0.25, -0.2) is 4.68 Å². The van der Waals surface area contributed by atoms with E-state index < -0.39 is 0 Å². The van der Waals surface area contributed by atoms with Crippen LogP contribution in [0.25, 0.3) is 5.69 Å². The highest BCUT2D eigenvalue weighted by atomic mass is 32.2. The summed E-state index contributed by atoms with van der Waals surface area (Å²) in [7, 11) is 0. The first-order chi connectivity index (χ1) is 12.1. The van der Waals surface area contributed by atoms with Crippen molar-refractivity contribution in [3.8, 4) is 5.69 Å². The van der Waals surface area contributed by atoms with E-state index in [4.69, 9.17) is 5.10 Å². The number of hydrogen-bond acceptors (Lipinski definition) is 4. The molecular weight excluding hydrogens is 334 g/mol. The van der Waals surface area contributed by atoms with Gasteiger partial charge in [-0.1, -0.05) is 30.0 Å². The van der Waals surface area contributed by atoms with Gasteiger partial charge in [0.2, 0.25) is 5.91 Å². The minimum absolute atomic E-state index is 0.108. The second kappa shape index (κ2) is 6.67. The quantitative estimate of drug-likeness (QED) is 0.825. The van der Waals surface area contributed by atoms with Crippen LogP contribution in [0.2, 0.25) is 0 Å². The molecule has 0 spiro atoms. The second-order valence-electron chi connectivity index (χ2n) is 6.83. The fraction of sp³-hybridized carbons (Fsp3) is 0.421. The van der Waals surface area contributed by atoms with Crippen molar-refractivity contribution in [3.05, 3.63) is 42.1 Å². The SMILES string of the molecule is CC(=O)SCC1CC(=O)N(c2cc(C3CC3)nn2-c2ccccc2)C1. The van der Waals surface area contributed by atoms with Crippen molar-refractivity contribution in [2.45, 2.75) is 32.1 Å². The number of thioether (sulfide) groups is 1. The molecule has 2 aliphatic rings. The Bertz CT molecular complexity index is 798. The van der Waals surface area contributed by atoms with Crippen LogP contribution < -0.4 is 4.90 Å². The first-order valence-electron chi connectivity index (χ1n) is 8.71. The average Bonchev–Trinajstić information content (AvgIpc) is 3.26. The number of nitrogens with zero attached hydrogens (tertiary/aromatic N) is 3. The molecule has 1 amide bonds. The summed E-state index contributed by atoms with van der Waals surface area (Å²) in [5.74, 6) is 2.42. The van der Waals surface area contributed by atoms with Crippen molar-refractivity contribution in [1.29, 1.82) is 0 Å². The highest BCUT2D eigenvalue weighted by Crippen LogP contribution is 2.41. The van der Waals surface area contributed by atoms with Gasteiger partial charge in [0.1, 0.15) is 5.82 Å². The minimum atomic E-state index is 0.108. The number of benzene rings is 1. The lowest BCUT2D eigenvalue weighted by atomic mass is 10.1. The first-order valence-corrected chi connectivity index (χ1v) is 9.69. The van der Waals surface area contributed by atoms with Crippen LogP contribution >= 0.6 is 11.8 Å². The predicted octanol–water partition coefficient (Wildman–Crippen LogP) is 3.38. The number of carbonyl (C=O) groups is 2. The summed E-state index contributed by atoms with van der Waals surface area (Å²) in [6.07, 6.45) is 2.85. The second-order valence-corrected chi connectivity index (χ2v) is 8.02. The molecule has 4 rings (SSSR count). The van der Waals surface area contributed by atoms with Crippen molar-refractivity contribution >= 4 is 28.6 Å². The molecule has 0 radical (unpaired) electrons. The maximum absolute atomic E-state index is 12.6. The fourth-order valence-corrected chi connectivity index (χ4v) is 3.96. The normalized spacial score (nSPS) is 20.3. The molecule has 1 atom stereocenters. The molecule has 1 unspecified atom stereocenters. The molecule has 2 aromatic rings. The van der Waals surface area contributed by atoms with Crippen molar-refractivity contribution < 1.29 is 9.59 Å². The molecule has 1 saturated carbocycles. The van der Waals surface area contributed by atoms with Crippen molar-refractivity contribution in [2.75, 3.05) is 17.2 Å². The van der Waals surface area contributed by atoms with Gasteiger partial charge in [-0.3, -0.25) is 14.5 Å². The Hall–Kier alpha value is -2.08. The summed E-state index contributed by atoms with van der Waals surface area (Å²) in [5.41, 5.74) is 2.05. The van der Waals surface area contributed by atoms with Crippen LogP contribution in [0.3, 0.4) is 0 Å². The zero-order valence-electron chi connectivity index (χ0n) is 14.2. The molecule has 1 aromatic carbocycles. The Kier molecular flexibility index (Phi) is 4.37. The maximum atomic E-state index is 12.6. The molecule has 2 fully saturated rings. The molecule has 0 bridgehead atoms. The number of rotatable bonds is 5. The third kappa shape index (κ3) is 3.49. The lowest BCUT2D eigenvalue weighted by molar-refractivity contribution is -0.117. The van der Waals surface area contributed by atoms with Gasteiger partial charge in [-0.05, 0) is 30.9 Å². The number of aromatic nitrogens is 2. The van der Waals surface area contributed by atoms with E-state index in [-0.39, 0.29) is 16.9 Å². The number of hydrogen-bond donors (Lipinski definition) is 0. The number of para-hydroxylation sites is 1. The molecule has 25 heavy (non-hydrogen) atoms. The summed E-state index contributed by atoms with van der Waals surface area (Å²) in [6, 6.07) is 12.0. The Balaban J connectivity index is 1.63. The Morgan fingerprint density at radius 2 is 2.04 bits per heavy atom. The summed E-state index contributed by atoms with van der Waals surface area (Å²) in [4.78, 5) is 25.7. The van der Waals surface area contributed by atoms with Crippen LogP contribution in [-0.2, 0) is 9.59 Å². The Morgan fingerprint density at radius 1 is 1.28 bits per heavy atom. The number of amides is 1.